The molecule has 0 radical (unpaired) electrons. The van der Waals surface area contributed by atoms with Crippen molar-refractivity contribution in [3.63, 3.8) is 0 Å². The Balaban J connectivity index is 0.852. The maximum atomic E-state index is 12.9. The van der Waals surface area contributed by atoms with Crippen LogP contribution in [0, 0.1) is 0 Å². The molecule has 0 aliphatic rings. The normalized spacial score (nSPS) is 11.5. The van der Waals surface area contributed by atoms with Crippen molar-refractivity contribution in [2.24, 2.45) is 0 Å². The van der Waals surface area contributed by atoms with Gasteiger partial charge in [-0.2, -0.15) is 0 Å². The second-order valence-corrected chi connectivity index (χ2v) is 17.6. The predicted molar refractivity (Wildman–Crippen MR) is 280 cm³/mol. The van der Waals surface area contributed by atoms with Crippen LogP contribution in [0.15, 0.2) is 225 Å². The predicted octanol–water partition coefficient (Wildman–Crippen LogP) is 13.7. The first-order chi connectivity index (χ1) is 34.5. The second kappa shape index (κ2) is 18.2. The summed E-state index contributed by atoms with van der Waals surface area (Å²) in [7, 11) is 0. The van der Waals surface area contributed by atoms with Crippen LogP contribution in [0.4, 0.5) is 0 Å². The molecule has 70 heavy (non-hydrogen) atoms. The summed E-state index contributed by atoms with van der Waals surface area (Å²) in [5.41, 5.74) is 17.3. The van der Waals surface area contributed by atoms with E-state index in [4.69, 9.17) is 18.8 Å². The van der Waals surface area contributed by atoms with Crippen LogP contribution in [-0.4, -0.2) is 19.9 Å². The van der Waals surface area contributed by atoms with Crippen molar-refractivity contribution in [3.8, 4) is 55.8 Å². The lowest BCUT2D eigenvalue weighted by molar-refractivity contribution is 0.567. The minimum absolute atomic E-state index is 0.390. The fourth-order valence-electron chi connectivity index (χ4n) is 9.58. The number of aryl methyl sites for hydroxylation is 4. The summed E-state index contributed by atoms with van der Waals surface area (Å²) in [6, 6.07) is 62.3. The average molecular weight is 907 g/mol. The Morgan fingerprint density at radius 2 is 0.900 bits per heavy atom. The van der Waals surface area contributed by atoms with Crippen LogP contribution in [0.2, 0.25) is 0 Å². The van der Waals surface area contributed by atoms with Crippen LogP contribution in [0.1, 0.15) is 22.3 Å². The molecule has 0 unspecified atom stereocenters. The Morgan fingerprint density at radius 3 is 1.64 bits per heavy atom. The van der Waals surface area contributed by atoms with E-state index in [1.165, 1.54) is 22.3 Å². The number of pyridine rings is 4. The standard InChI is InChI=1S/C62H42N4O4/c67-61-53-12-6-29-64-58(53)52-27-18-39(35-56(52)69-61)14-15-40-32-41(16-17-42-36-57-60(66-38-42)59-54(62(68)70-57)13-7-30-65-59)34-49(33-40)51-11-5-4-10-50(51)46-23-25-47(26-24-46)55-37-48(28-31-63-55)45-21-19-44(20-22-45)43-8-2-1-3-9-43/h1-13,18-38H,14-17H2. The molecule has 0 bridgehead atoms. The van der Waals surface area contributed by atoms with Crippen molar-refractivity contribution in [2.75, 3.05) is 0 Å². The maximum Gasteiger partial charge on any atom is 0.345 e. The lowest BCUT2D eigenvalue weighted by Gasteiger charge is -2.15. The van der Waals surface area contributed by atoms with Crippen LogP contribution >= 0.6 is 0 Å². The summed E-state index contributed by atoms with van der Waals surface area (Å²) in [6.07, 6.45) is 9.99. The number of nitrogens with zero attached hydrogens (tertiary/aromatic N) is 4. The van der Waals surface area contributed by atoms with Gasteiger partial charge >= 0.3 is 11.3 Å². The van der Waals surface area contributed by atoms with E-state index in [0.717, 1.165) is 80.4 Å². The van der Waals surface area contributed by atoms with E-state index in [9.17, 15) is 9.59 Å². The molecule has 0 saturated heterocycles. The van der Waals surface area contributed by atoms with Crippen molar-refractivity contribution < 1.29 is 8.83 Å². The lowest BCUT2D eigenvalue weighted by atomic mass is 9.90. The Labute approximate surface area is 402 Å². The summed E-state index contributed by atoms with van der Waals surface area (Å²) in [4.78, 5) is 44.1. The smallest absolute Gasteiger partial charge is 0.345 e. The molecule has 6 heterocycles. The van der Waals surface area contributed by atoms with Gasteiger partial charge in [-0.1, -0.05) is 127 Å². The van der Waals surface area contributed by atoms with Crippen molar-refractivity contribution >= 4 is 43.9 Å². The molecule has 0 fully saturated rings. The molecule has 8 heteroatoms. The molecule has 12 rings (SSSR count). The van der Waals surface area contributed by atoms with Gasteiger partial charge < -0.3 is 8.83 Å². The molecule has 8 nitrogen and oxygen atoms in total. The monoisotopic (exact) mass is 906 g/mol. The van der Waals surface area contributed by atoms with E-state index >= 15 is 0 Å². The molecule has 0 spiro atoms. The highest BCUT2D eigenvalue weighted by Crippen LogP contribution is 2.36. The van der Waals surface area contributed by atoms with Gasteiger partial charge in [0, 0.05) is 35.7 Å². The number of rotatable bonds is 11. The van der Waals surface area contributed by atoms with Crippen LogP contribution in [0.5, 0.6) is 0 Å². The second-order valence-electron chi connectivity index (χ2n) is 17.6. The zero-order valence-electron chi connectivity index (χ0n) is 37.9. The molecule has 0 N–H and O–H groups in total. The Bertz CT molecular complexity index is 3900. The van der Waals surface area contributed by atoms with Gasteiger partial charge in [-0.25, -0.2) is 9.59 Å². The first kappa shape index (κ1) is 42.2. The zero-order valence-corrected chi connectivity index (χ0v) is 37.9. The summed E-state index contributed by atoms with van der Waals surface area (Å²) in [5.74, 6) is 0. The number of hydrogen-bond donors (Lipinski definition) is 0. The van der Waals surface area contributed by atoms with Gasteiger partial charge in [0.2, 0.25) is 0 Å². The van der Waals surface area contributed by atoms with Crippen LogP contribution < -0.4 is 11.3 Å². The Hall–Kier alpha value is -9.14. The molecule has 334 valence electrons. The SMILES string of the molecule is O=c1oc2cc(CCc3cc(CCc4cnc5c(c4)oc(=O)c4cccnc45)cc(-c4ccccc4-c4ccc(-c5cc(-c6ccc(-c7ccccc7)cc6)ccn5)cc4)c3)ccc2c2ncccc12. The highest BCUT2D eigenvalue weighted by Gasteiger charge is 2.15. The van der Waals surface area contributed by atoms with Crippen molar-refractivity contribution in [1.82, 2.24) is 19.9 Å². The third-order valence-electron chi connectivity index (χ3n) is 13.2. The molecular formula is C62H42N4O4. The van der Waals surface area contributed by atoms with Crippen LogP contribution in [-0.2, 0) is 25.7 Å². The fourth-order valence-corrected chi connectivity index (χ4v) is 9.58. The summed E-state index contributed by atoms with van der Waals surface area (Å²) in [6.45, 7) is 0. The van der Waals surface area contributed by atoms with Gasteiger partial charge in [-0.15, -0.1) is 0 Å². The van der Waals surface area contributed by atoms with Gasteiger partial charge in [-0.05, 0) is 147 Å². The van der Waals surface area contributed by atoms with Crippen LogP contribution in [0.25, 0.3) is 99.6 Å². The van der Waals surface area contributed by atoms with E-state index in [1.54, 1.807) is 36.7 Å². The van der Waals surface area contributed by atoms with Crippen molar-refractivity contribution in [1.29, 1.82) is 0 Å². The number of benzene rings is 6. The van der Waals surface area contributed by atoms with E-state index in [-0.39, 0.29) is 5.63 Å². The highest BCUT2D eigenvalue weighted by atomic mass is 16.4. The van der Waals surface area contributed by atoms with Gasteiger partial charge in [0.15, 0.2) is 5.58 Å². The van der Waals surface area contributed by atoms with Gasteiger partial charge in [-0.3, -0.25) is 19.9 Å². The minimum Gasteiger partial charge on any atom is -0.422 e. The highest BCUT2D eigenvalue weighted by molar-refractivity contribution is 6.02. The quantitative estimate of drug-likeness (QED) is 0.0932. The molecule has 0 atom stereocenters. The number of fused-ring (bicyclic) bond motifs is 6. The number of aromatic nitrogens is 4. The summed E-state index contributed by atoms with van der Waals surface area (Å²) < 4.78 is 11.5. The first-order valence-electron chi connectivity index (χ1n) is 23.4. The molecule has 12 aromatic rings. The van der Waals surface area contributed by atoms with Gasteiger partial charge in [0.1, 0.15) is 16.6 Å². The van der Waals surface area contributed by atoms with E-state index < -0.39 is 5.63 Å². The third-order valence-corrected chi connectivity index (χ3v) is 13.2. The Morgan fingerprint density at radius 1 is 0.329 bits per heavy atom. The molecule has 0 aliphatic heterocycles. The topological polar surface area (TPSA) is 112 Å². The summed E-state index contributed by atoms with van der Waals surface area (Å²) in [5, 5.41) is 1.70. The van der Waals surface area contributed by atoms with Crippen molar-refractivity contribution in [3.05, 3.63) is 250 Å². The Kier molecular flexibility index (Phi) is 11.0. The fraction of sp³-hybridized carbons (Fsp3) is 0.0645. The molecule has 6 aromatic carbocycles. The molecule has 0 aliphatic carbocycles. The van der Waals surface area contributed by atoms with Gasteiger partial charge in [0.05, 0.1) is 22.0 Å². The zero-order chi connectivity index (χ0) is 47.0. The van der Waals surface area contributed by atoms with E-state index in [1.807, 2.05) is 36.7 Å². The summed E-state index contributed by atoms with van der Waals surface area (Å²) >= 11 is 0. The molecular weight excluding hydrogens is 865 g/mol. The van der Waals surface area contributed by atoms with E-state index in [2.05, 4.69) is 143 Å². The van der Waals surface area contributed by atoms with Crippen molar-refractivity contribution in [2.45, 2.75) is 25.7 Å². The molecule has 0 saturated carbocycles. The maximum absolute atomic E-state index is 12.9. The molecule has 6 aromatic heterocycles. The average Bonchev–Trinajstić information content (AvgIpc) is 3.42. The largest absolute Gasteiger partial charge is 0.422 e. The minimum atomic E-state index is -0.425. The molecule has 0 amide bonds. The first-order valence-corrected chi connectivity index (χ1v) is 23.4. The van der Waals surface area contributed by atoms with E-state index in [0.29, 0.717) is 44.9 Å². The van der Waals surface area contributed by atoms with Gasteiger partial charge in [0.25, 0.3) is 0 Å². The van der Waals surface area contributed by atoms with Crippen LogP contribution in [0.3, 0.4) is 0 Å². The lowest BCUT2D eigenvalue weighted by Crippen LogP contribution is -2.03. The third kappa shape index (κ3) is 8.32. The number of hydrogen-bond acceptors (Lipinski definition) is 8.